The molecule has 0 spiro atoms. The van der Waals surface area contributed by atoms with Crippen molar-refractivity contribution < 1.29 is 9.53 Å². The van der Waals surface area contributed by atoms with Gasteiger partial charge >= 0.3 is 0 Å². The first-order chi connectivity index (χ1) is 9.04. The minimum Gasteiger partial charge on any atom is -0.373 e. The van der Waals surface area contributed by atoms with Crippen molar-refractivity contribution in [2.45, 2.75) is 45.3 Å². The molecule has 2 heterocycles. The Morgan fingerprint density at radius 2 is 2.42 bits per heavy atom. The fraction of sp³-hybridized carbons (Fsp3) is 0.643. The van der Waals surface area contributed by atoms with Crippen molar-refractivity contribution in [3.8, 4) is 0 Å². The van der Waals surface area contributed by atoms with Crippen LogP contribution in [-0.2, 0) is 11.3 Å². The monoisotopic (exact) mass is 328 g/mol. The van der Waals surface area contributed by atoms with Gasteiger partial charge in [0.15, 0.2) is 0 Å². The van der Waals surface area contributed by atoms with Gasteiger partial charge in [0.1, 0.15) is 5.69 Å². The first kappa shape index (κ1) is 14.6. The number of carbonyl (C=O) groups is 1. The molecule has 1 unspecified atom stereocenters. The van der Waals surface area contributed by atoms with Gasteiger partial charge in [-0.3, -0.25) is 4.79 Å². The maximum Gasteiger partial charge on any atom is 0.268 e. The van der Waals surface area contributed by atoms with E-state index in [1.807, 2.05) is 16.8 Å². The van der Waals surface area contributed by atoms with E-state index >= 15 is 0 Å². The summed E-state index contributed by atoms with van der Waals surface area (Å²) in [6.07, 6.45) is 5.03. The molecule has 1 atom stereocenters. The van der Waals surface area contributed by atoms with E-state index in [1.165, 1.54) is 0 Å². The summed E-state index contributed by atoms with van der Waals surface area (Å²) >= 11 is 3.42. The van der Waals surface area contributed by atoms with Crippen LogP contribution in [0.2, 0.25) is 0 Å². The summed E-state index contributed by atoms with van der Waals surface area (Å²) in [6, 6.07) is 1.86. The van der Waals surface area contributed by atoms with Gasteiger partial charge in [0, 0.05) is 30.4 Å². The number of halogens is 1. The second-order valence-electron chi connectivity index (χ2n) is 5.32. The van der Waals surface area contributed by atoms with Gasteiger partial charge in [0.05, 0.1) is 5.60 Å². The van der Waals surface area contributed by atoms with Crippen LogP contribution in [0.4, 0.5) is 0 Å². The SMILES string of the molecule is CCCn1cc(Br)cc1C(=O)NCC1(C)CCCO1. The summed E-state index contributed by atoms with van der Waals surface area (Å²) in [7, 11) is 0. The Bertz CT molecular complexity index is 450. The number of ether oxygens (including phenoxy) is 1. The van der Waals surface area contributed by atoms with E-state index in [4.69, 9.17) is 4.74 Å². The van der Waals surface area contributed by atoms with Crippen LogP contribution in [0.5, 0.6) is 0 Å². The topological polar surface area (TPSA) is 43.3 Å². The number of nitrogens with zero attached hydrogens (tertiary/aromatic N) is 1. The average Bonchev–Trinajstić information content (AvgIpc) is 2.94. The number of hydrogen-bond donors (Lipinski definition) is 1. The molecule has 2 rings (SSSR count). The van der Waals surface area contributed by atoms with Crippen molar-refractivity contribution >= 4 is 21.8 Å². The molecule has 1 fully saturated rings. The Labute approximate surface area is 122 Å². The van der Waals surface area contributed by atoms with Crippen LogP contribution in [0.25, 0.3) is 0 Å². The van der Waals surface area contributed by atoms with Crippen molar-refractivity contribution in [3.63, 3.8) is 0 Å². The predicted octanol–water partition coefficient (Wildman–Crippen LogP) is 2.96. The van der Waals surface area contributed by atoms with Crippen molar-refractivity contribution in [1.29, 1.82) is 0 Å². The summed E-state index contributed by atoms with van der Waals surface area (Å²) < 4.78 is 8.60. The molecule has 5 heteroatoms. The minimum absolute atomic E-state index is 0.0316. The highest BCUT2D eigenvalue weighted by Gasteiger charge is 2.30. The molecule has 0 bridgehead atoms. The van der Waals surface area contributed by atoms with Gasteiger partial charge in [-0.05, 0) is 48.2 Å². The Morgan fingerprint density at radius 1 is 1.63 bits per heavy atom. The van der Waals surface area contributed by atoms with E-state index in [0.717, 1.165) is 36.9 Å². The molecule has 1 aromatic heterocycles. The molecular weight excluding hydrogens is 308 g/mol. The highest BCUT2D eigenvalue weighted by molar-refractivity contribution is 9.10. The van der Waals surface area contributed by atoms with Crippen molar-refractivity contribution in [3.05, 3.63) is 22.4 Å². The molecule has 0 aromatic carbocycles. The first-order valence-corrected chi connectivity index (χ1v) is 7.61. The van der Waals surface area contributed by atoms with Gasteiger partial charge in [-0.25, -0.2) is 0 Å². The van der Waals surface area contributed by atoms with Crippen molar-refractivity contribution in [2.75, 3.05) is 13.2 Å². The van der Waals surface area contributed by atoms with Crippen LogP contribution in [0.15, 0.2) is 16.7 Å². The third-order valence-corrected chi connectivity index (χ3v) is 3.92. The van der Waals surface area contributed by atoms with E-state index in [2.05, 4.69) is 35.1 Å². The van der Waals surface area contributed by atoms with Crippen LogP contribution >= 0.6 is 15.9 Å². The highest BCUT2D eigenvalue weighted by atomic mass is 79.9. The largest absolute Gasteiger partial charge is 0.373 e. The Hall–Kier alpha value is -0.810. The lowest BCUT2D eigenvalue weighted by molar-refractivity contribution is 0.0205. The molecule has 0 radical (unpaired) electrons. The van der Waals surface area contributed by atoms with Crippen LogP contribution in [0.3, 0.4) is 0 Å². The molecule has 19 heavy (non-hydrogen) atoms. The Morgan fingerprint density at radius 3 is 3.05 bits per heavy atom. The lowest BCUT2D eigenvalue weighted by Crippen LogP contribution is -2.40. The lowest BCUT2D eigenvalue weighted by atomic mass is 10.0. The highest BCUT2D eigenvalue weighted by Crippen LogP contribution is 2.24. The van der Waals surface area contributed by atoms with E-state index in [1.54, 1.807) is 0 Å². The number of hydrogen-bond acceptors (Lipinski definition) is 2. The van der Waals surface area contributed by atoms with Crippen molar-refractivity contribution in [2.24, 2.45) is 0 Å². The number of aryl methyl sites for hydroxylation is 1. The zero-order chi connectivity index (χ0) is 13.9. The molecule has 1 N–H and O–H groups in total. The molecule has 0 aliphatic carbocycles. The average molecular weight is 329 g/mol. The lowest BCUT2D eigenvalue weighted by Gasteiger charge is -2.23. The summed E-state index contributed by atoms with van der Waals surface area (Å²) in [5.41, 5.74) is 0.505. The third kappa shape index (κ3) is 3.60. The van der Waals surface area contributed by atoms with Crippen LogP contribution in [-0.4, -0.2) is 29.2 Å². The molecule has 1 saturated heterocycles. The number of amides is 1. The standard InChI is InChI=1S/C14H21BrN2O2/c1-3-6-17-9-11(15)8-12(17)13(18)16-10-14(2)5-4-7-19-14/h8-9H,3-7,10H2,1-2H3,(H,16,18). The van der Waals surface area contributed by atoms with Gasteiger partial charge in [0.2, 0.25) is 0 Å². The van der Waals surface area contributed by atoms with Crippen molar-refractivity contribution in [1.82, 2.24) is 9.88 Å². The molecule has 4 nitrogen and oxygen atoms in total. The zero-order valence-corrected chi connectivity index (χ0v) is 13.1. The van der Waals surface area contributed by atoms with E-state index < -0.39 is 0 Å². The van der Waals surface area contributed by atoms with Gasteiger partial charge in [0.25, 0.3) is 5.91 Å². The Kier molecular flexibility index (Phi) is 4.68. The van der Waals surface area contributed by atoms with Gasteiger partial charge in [-0.1, -0.05) is 6.92 Å². The number of nitrogens with one attached hydrogen (secondary N) is 1. The quantitative estimate of drug-likeness (QED) is 0.903. The molecule has 1 aromatic rings. The number of rotatable bonds is 5. The summed E-state index contributed by atoms with van der Waals surface area (Å²) in [6.45, 7) is 6.37. The van der Waals surface area contributed by atoms with Crippen LogP contribution < -0.4 is 5.32 Å². The molecule has 1 aliphatic rings. The molecule has 106 valence electrons. The van der Waals surface area contributed by atoms with Crippen LogP contribution in [0.1, 0.15) is 43.6 Å². The molecule has 1 amide bonds. The second-order valence-corrected chi connectivity index (χ2v) is 6.24. The normalized spacial score (nSPS) is 22.7. The fourth-order valence-corrected chi connectivity index (χ4v) is 2.89. The molecule has 0 saturated carbocycles. The van der Waals surface area contributed by atoms with Gasteiger partial charge in [-0.2, -0.15) is 0 Å². The smallest absolute Gasteiger partial charge is 0.268 e. The fourth-order valence-electron chi connectivity index (χ4n) is 2.43. The maximum absolute atomic E-state index is 12.2. The van der Waals surface area contributed by atoms with Gasteiger partial charge in [-0.15, -0.1) is 0 Å². The van der Waals surface area contributed by atoms with Gasteiger partial charge < -0.3 is 14.6 Å². The van der Waals surface area contributed by atoms with E-state index in [9.17, 15) is 4.79 Å². The predicted molar refractivity (Wildman–Crippen MR) is 78.3 cm³/mol. The number of aromatic nitrogens is 1. The summed E-state index contributed by atoms with van der Waals surface area (Å²) in [5, 5.41) is 2.99. The summed E-state index contributed by atoms with van der Waals surface area (Å²) in [4.78, 5) is 12.2. The second kappa shape index (κ2) is 6.09. The van der Waals surface area contributed by atoms with E-state index in [-0.39, 0.29) is 11.5 Å². The maximum atomic E-state index is 12.2. The first-order valence-electron chi connectivity index (χ1n) is 6.82. The number of carbonyl (C=O) groups excluding carboxylic acids is 1. The molecule has 1 aliphatic heterocycles. The van der Waals surface area contributed by atoms with E-state index in [0.29, 0.717) is 12.2 Å². The third-order valence-electron chi connectivity index (χ3n) is 3.48. The Balaban J connectivity index is 1.99. The summed E-state index contributed by atoms with van der Waals surface area (Å²) in [5.74, 6) is -0.0316. The van der Waals surface area contributed by atoms with Crippen LogP contribution in [0, 0.1) is 0 Å². The zero-order valence-electron chi connectivity index (χ0n) is 11.5. The minimum atomic E-state index is -0.199. The molecular formula is C14H21BrN2O2.